The summed E-state index contributed by atoms with van der Waals surface area (Å²) in [5.41, 5.74) is 0.438. The summed E-state index contributed by atoms with van der Waals surface area (Å²) in [5.74, 6) is 2.12. The van der Waals surface area contributed by atoms with Crippen LogP contribution in [0.4, 0.5) is 4.39 Å². The topological polar surface area (TPSA) is 13.1 Å². The molecule has 0 aliphatic heterocycles. The highest BCUT2D eigenvalue weighted by atomic mass is 19.1. The van der Waals surface area contributed by atoms with E-state index in [0.29, 0.717) is 5.56 Å². The van der Waals surface area contributed by atoms with Gasteiger partial charge in [0.2, 0.25) is 0 Å². The van der Waals surface area contributed by atoms with E-state index < -0.39 is 0 Å². The lowest BCUT2D eigenvalue weighted by atomic mass is 10.4. The second-order valence-electron chi connectivity index (χ2n) is 1.15. The standard InChI is InChI=1S/C6H2FO/c7-3-1-6-2-4-8-5-6/h4-5H. The van der Waals surface area contributed by atoms with Crippen molar-refractivity contribution in [1.82, 2.24) is 0 Å². The molecule has 1 aromatic heterocycles. The molecule has 2 heteroatoms. The molecule has 0 unspecified atom stereocenters. The molecule has 0 atom stereocenters. The van der Waals surface area contributed by atoms with E-state index in [1.165, 1.54) is 18.7 Å². The van der Waals surface area contributed by atoms with E-state index in [2.05, 4.69) is 16.4 Å². The van der Waals surface area contributed by atoms with Crippen molar-refractivity contribution in [2.75, 3.05) is 0 Å². The first-order valence-corrected chi connectivity index (χ1v) is 1.99. The molecule has 0 aromatic carbocycles. The van der Waals surface area contributed by atoms with Gasteiger partial charge in [0, 0.05) is 6.07 Å². The molecular weight excluding hydrogens is 107 g/mol. The van der Waals surface area contributed by atoms with Gasteiger partial charge in [-0.25, -0.2) is 0 Å². The first kappa shape index (κ1) is 4.92. The minimum Gasteiger partial charge on any atom is -0.471 e. The Hall–Kier alpha value is -1.23. The molecule has 0 saturated carbocycles. The Bertz CT molecular complexity index is 202. The van der Waals surface area contributed by atoms with Crippen LogP contribution in [0.2, 0.25) is 0 Å². The summed E-state index contributed by atoms with van der Waals surface area (Å²) in [6.45, 7) is 0. The normalized spacial score (nSPS) is 7.62. The van der Waals surface area contributed by atoms with Gasteiger partial charge in [-0.1, -0.05) is 0 Å². The Labute approximate surface area is 46.1 Å². The molecule has 0 aliphatic carbocycles. The molecule has 1 heterocycles. The van der Waals surface area contributed by atoms with Crippen molar-refractivity contribution in [3.05, 3.63) is 24.2 Å². The average Bonchev–Trinajstić information content (AvgIpc) is 2.19. The fraction of sp³-hybridized carbons (Fsp3) is 0. The second kappa shape index (κ2) is 2.17. The number of hydrogen-bond acceptors (Lipinski definition) is 1. The summed E-state index contributed by atoms with van der Waals surface area (Å²) in [4.78, 5) is 0. The predicted octanol–water partition coefficient (Wildman–Crippen LogP) is 1.36. The fourth-order valence-corrected chi connectivity index (χ4v) is 0.350. The van der Waals surface area contributed by atoms with E-state index in [9.17, 15) is 4.39 Å². The second-order valence-corrected chi connectivity index (χ2v) is 1.15. The Balaban J connectivity index is 2.88. The molecule has 1 nitrogen and oxygen atoms in total. The van der Waals surface area contributed by atoms with Gasteiger partial charge in [-0.15, -0.1) is 4.39 Å². The maximum absolute atomic E-state index is 11.1. The van der Waals surface area contributed by atoms with E-state index in [1.807, 2.05) is 0 Å². The van der Waals surface area contributed by atoms with Crippen LogP contribution >= 0.6 is 0 Å². The summed E-state index contributed by atoms with van der Waals surface area (Å²) in [7, 11) is 0. The van der Waals surface area contributed by atoms with Crippen LogP contribution < -0.4 is 0 Å². The highest BCUT2D eigenvalue weighted by Gasteiger charge is 1.83. The van der Waals surface area contributed by atoms with E-state index in [1.54, 1.807) is 0 Å². The third-order valence-electron chi connectivity index (χ3n) is 0.650. The van der Waals surface area contributed by atoms with Crippen LogP contribution in [0.25, 0.3) is 0 Å². The minimum absolute atomic E-state index is 0.438. The lowest BCUT2D eigenvalue weighted by molar-refractivity contribution is 0.566. The van der Waals surface area contributed by atoms with E-state index >= 15 is 0 Å². The fourth-order valence-electron chi connectivity index (χ4n) is 0.350. The summed E-state index contributed by atoms with van der Waals surface area (Å²) >= 11 is 0. The van der Waals surface area contributed by atoms with Gasteiger partial charge in [-0.3, -0.25) is 0 Å². The summed E-state index contributed by atoms with van der Waals surface area (Å²) in [6, 6.07) is 2.56. The van der Waals surface area contributed by atoms with Crippen molar-refractivity contribution >= 4 is 0 Å². The quantitative estimate of drug-likeness (QED) is 0.458. The zero-order valence-corrected chi connectivity index (χ0v) is 3.94. The predicted molar refractivity (Wildman–Crippen MR) is 25.5 cm³/mol. The molecular formula is C6H2FO. The lowest BCUT2D eigenvalue weighted by Gasteiger charge is -1.64. The third kappa shape index (κ3) is 0.881. The maximum Gasteiger partial charge on any atom is 0.111 e. The number of halogens is 1. The van der Waals surface area contributed by atoms with Crippen molar-refractivity contribution in [3.63, 3.8) is 0 Å². The Morgan fingerprint density at radius 1 is 1.75 bits per heavy atom. The maximum atomic E-state index is 11.1. The van der Waals surface area contributed by atoms with Crippen LogP contribution in [0.3, 0.4) is 0 Å². The van der Waals surface area contributed by atoms with Gasteiger partial charge in [0.25, 0.3) is 0 Å². The van der Waals surface area contributed by atoms with Crippen molar-refractivity contribution in [2.45, 2.75) is 0 Å². The monoisotopic (exact) mass is 109 g/mol. The smallest absolute Gasteiger partial charge is 0.111 e. The number of hydrogen-bond donors (Lipinski definition) is 0. The van der Waals surface area contributed by atoms with Gasteiger partial charge >= 0.3 is 0 Å². The largest absolute Gasteiger partial charge is 0.471 e. The van der Waals surface area contributed by atoms with E-state index in [4.69, 9.17) is 0 Å². The molecule has 1 radical (unpaired) electrons. The number of rotatable bonds is 0. The van der Waals surface area contributed by atoms with Crippen molar-refractivity contribution in [3.8, 4) is 12.1 Å². The number of furan rings is 1. The zero-order chi connectivity index (χ0) is 5.82. The zero-order valence-electron chi connectivity index (χ0n) is 3.94. The lowest BCUT2D eigenvalue weighted by Crippen LogP contribution is -1.58. The van der Waals surface area contributed by atoms with Crippen molar-refractivity contribution < 1.29 is 8.81 Å². The molecule has 0 saturated heterocycles. The Morgan fingerprint density at radius 3 is 3.12 bits per heavy atom. The molecule has 0 N–H and O–H groups in total. The SMILES string of the molecule is FC#Cc1[c]coc1. The van der Waals surface area contributed by atoms with Crippen LogP contribution in [0.15, 0.2) is 16.9 Å². The third-order valence-corrected chi connectivity index (χ3v) is 0.650. The first-order valence-electron chi connectivity index (χ1n) is 1.99. The van der Waals surface area contributed by atoms with Gasteiger partial charge in [-0.05, 0) is 5.92 Å². The minimum atomic E-state index is 0.438. The van der Waals surface area contributed by atoms with Gasteiger partial charge in [0.05, 0.1) is 11.8 Å². The highest BCUT2D eigenvalue weighted by Crippen LogP contribution is 1.94. The molecule has 39 valence electrons. The van der Waals surface area contributed by atoms with Gasteiger partial charge in [0.15, 0.2) is 0 Å². The van der Waals surface area contributed by atoms with Gasteiger partial charge < -0.3 is 4.42 Å². The molecule has 0 fully saturated rings. The Morgan fingerprint density at radius 2 is 2.62 bits per heavy atom. The molecule has 0 aliphatic rings. The molecule has 0 spiro atoms. The summed E-state index contributed by atoms with van der Waals surface area (Å²) < 4.78 is 15.7. The van der Waals surface area contributed by atoms with Crippen LogP contribution in [-0.4, -0.2) is 0 Å². The van der Waals surface area contributed by atoms with Crippen molar-refractivity contribution in [1.29, 1.82) is 0 Å². The highest BCUT2D eigenvalue weighted by molar-refractivity contribution is 5.26. The van der Waals surface area contributed by atoms with E-state index in [-0.39, 0.29) is 0 Å². The summed E-state index contributed by atoms with van der Waals surface area (Å²) in [5, 5.41) is 0. The molecule has 0 bridgehead atoms. The molecule has 1 rings (SSSR count). The van der Waals surface area contributed by atoms with Crippen LogP contribution in [-0.2, 0) is 0 Å². The summed E-state index contributed by atoms with van der Waals surface area (Å²) in [6.07, 6.45) is 3.87. The van der Waals surface area contributed by atoms with Crippen LogP contribution in [0, 0.1) is 18.2 Å². The molecule has 0 amide bonds. The van der Waals surface area contributed by atoms with E-state index in [0.717, 1.165) is 0 Å². The van der Waals surface area contributed by atoms with Gasteiger partial charge in [-0.2, -0.15) is 0 Å². The first-order chi connectivity index (χ1) is 3.93. The van der Waals surface area contributed by atoms with Crippen molar-refractivity contribution in [2.24, 2.45) is 0 Å². The Kier molecular flexibility index (Phi) is 1.34. The molecule has 8 heavy (non-hydrogen) atoms. The average molecular weight is 109 g/mol. The van der Waals surface area contributed by atoms with Crippen LogP contribution in [0.1, 0.15) is 5.56 Å². The van der Waals surface area contributed by atoms with Crippen LogP contribution in [0.5, 0.6) is 0 Å². The molecule has 1 aromatic rings. The van der Waals surface area contributed by atoms with Gasteiger partial charge in [0.1, 0.15) is 12.4 Å².